The number of ketones is 1. The number of hydrogen-bond donors (Lipinski definition) is 0. The average Bonchev–Trinajstić information content (AvgIpc) is 2.40. The highest BCUT2D eigenvalue weighted by molar-refractivity contribution is 9.10. The fourth-order valence-corrected chi connectivity index (χ4v) is 3.80. The van der Waals surface area contributed by atoms with E-state index in [1.165, 1.54) is 30.2 Å². The monoisotopic (exact) mass is 387 g/mol. The zero-order valence-corrected chi connectivity index (χ0v) is 14.6. The third-order valence-electron chi connectivity index (χ3n) is 3.03. The molecule has 0 atom stereocenters. The van der Waals surface area contributed by atoms with E-state index in [9.17, 15) is 14.4 Å². The second kappa shape index (κ2) is 5.94. The lowest BCUT2D eigenvalue weighted by Gasteiger charge is -2.17. The van der Waals surface area contributed by atoms with Gasteiger partial charge in [-0.3, -0.25) is 19.0 Å². The maximum atomic E-state index is 12.6. The van der Waals surface area contributed by atoms with Crippen LogP contribution in [0.2, 0.25) is 5.02 Å². The van der Waals surface area contributed by atoms with Crippen molar-refractivity contribution in [1.82, 2.24) is 4.57 Å². The van der Waals surface area contributed by atoms with Gasteiger partial charge in [0.1, 0.15) is 0 Å². The molecule has 0 saturated carbocycles. The molecular formula is C14H11BrClNO3S. The summed E-state index contributed by atoms with van der Waals surface area (Å²) in [5.41, 5.74) is -0.0785. The normalized spacial score (nSPS) is 10.9. The Balaban J connectivity index is 3.27. The molecule has 0 bridgehead atoms. The Hall–Kier alpha value is -1.11. The molecule has 4 nitrogen and oxygen atoms in total. The van der Waals surface area contributed by atoms with Gasteiger partial charge in [-0.05, 0) is 41.2 Å². The molecule has 2 rings (SSSR count). The number of carbonyl (C=O) groups is 2. The van der Waals surface area contributed by atoms with E-state index in [0.717, 1.165) is 0 Å². The first-order valence-electron chi connectivity index (χ1n) is 5.93. The molecule has 0 amide bonds. The van der Waals surface area contributed by atoms with E-state index in [1.54, 1.807) is 18.4 Å². The molecule has 1 aromatic carbocycles. The number of thioether (sulfide) groups is 1. The van der Waals surface area contributed by atoms with Crippen LogP contribution in [0.25, 0.3) is 10.9 Å². The van der Waals surface area contributed by atoms with Gasteiger partial charge in [-0.15, -0.1) is 11.8 Å². The zero-order chi connectivity index (χ0) is 15.9. The van der Waals surface area contributed by atoms with Crippen molar-refractivity contribution >= 4 is 61.9 Å². The first-order chi connectivity index (χ1) is 9.81. The van der Waals surface area contributed by atoms with Crippen molar-refractivity contribution in [3.8, 4) is 0 Å². The Kier molecular flexibility index (Phi) is 4.60. The highest BCUT2D eigenvalue weighted by atomic mass is 79.9. The van der Waals surface area contributed by atoms with Crippen LogP contribution < -0.4 is 5.43 Å². The summed E-state index contributed by atoms with van der Waals surface area (Å²) in [5.74, 6) is -0.688. The van der Waals surface area contributed by atoms with Crippen molar-refractivity contribution in [2.24, 2.45) is 0 Å². The number of carbonyl (C=O) groups excluding carboxylic acids is 2. The second-order valence-corrected chi connectivity index (χ2v) is 6.43. The van der Waals surface area contributed by atoms with Gasteiger partial charge in [0.05, 0.1) is 26.5 Å². The summed E-state index contributed by atoms with van der Waals surface area (Å²) in [6, 6.07) is 3.23. The number of fused-ring (bicyclic) bond motifs is 1. The van der Waals surface area contributed by atoms with Gasteiger partial charge in [0.25, 0.3) is 0 Å². The van der Waals surface area contributed by atoms with Crippen LogP contribution in [-0.2, 0) is 0 Å². The van der Waals surface area contributed by atoms with E-state index in [-0.39, 0.29) is 21.9 Å². The lowest BCUT2D eigenvalue weighted by molar-refractivity contribution is 0.0930. The van der Waals surface area contributed by atoms with Crippen LogP contribution in [0, 0.1) is 0 Å². The number of aromatic nitrogens is 1. The maximum absolute atomic E-state index is 12.6. The molecule has 0 N–H and O–H groups in total. The first kappa shape index (κ1) is 16.3. The molecule has 1 aromatic heterocycles. The van der Waals surface area contributed by atoms with Crippen LogP contribution in [0.5, 0.6) is 0 Å². The first-order valence-corrected chi connectivity index (χ1v) is 8.33. The lowest BCUT2D eigenvalue weighted by Crippen LogP contribution is -2.23. The van der Waals surface area contributed by atoms with Gasteiger partial charge in [0.2, 0.25) is 11.3 Å². The van der Waals surface area contributed by atoms with Crippen molar-refractivity contribution in [2.75, 3.05) is 6.26 Å². The highest BCUT2D eigenvalue weighted by Crippen LogP contribution is 2.32. The van der Waals surface area contributed by atoms with E-state index in [0.29, 0.717) is 15.0 Å². The van der Waals surface area contributed by atoms with Crippen LogP contribution in [0.15, 0.2) is 26.4 Å². The number of pyridine rings is 1. The Morgan fingerprint density at radius 2 is 1.90 bits per heavy atom. The van der Waals surface area contributed by atoms with E-state index in [4.69, 9.17) is 11.6 Å². The molecule has 0 radical (unpaired) electrons. The topological polar surface area (TPSA) is 56.1 Å². The van der Waals surface area contributed by atoms with Crippen molar-refractivity contribution in [3.05, 3.63) is 37.4 Å². The molecule has 2 aromatic rings. The van der Waals surface area contributed by atoms with Gasteiger partial charge >= 0.3 is 0 Å². The molecule has 0 fully saturated rings. The largest absolute Gasteiger partial charge is 0.294 e. The molecule has 0 unspecified atom stereocenters. The number of Topliss-reactive ketones (excluding diaryl/α,β-unsaturated/α-hetero) is 1. The minimum Gasteiger partial charge on any atom is -0.294 e. The number of halogens is 2. The van der Waals surface area contributed by atoms with Gasteiger partial charge in [-0.1, -0.05) is 11.6 Å². The second-order valence-electron chi connectivity index (χ2n) is 4.38. The van der Waals surface area contributed by atoms with Gasteiger partial charge in [-0.25, -0.2) is 0 Å². The Morgan fingerprint density at radius 1 is 1.29 bits per heavy atom. The fourth-order valence-electron chi connectivity index (χ4n) is 2.22. The standard InChI is InChI=1S/C14H11BrClNO3S/c1-6(18)10-13(20)11-9(16)5-4-8(15)12(11)17(7(2)19)14(10)21-3/h4-5H,1-3H3. The minimum atomic E-state index is -0.453. The Morgan fingerprint density at radius 3 is 2.38 bits per heavy atom. The van der Waals surface area contributed by atoms with Crippen LogP contribution in [0.1, 0.15) is 29.0 Å². The molecule has 1 heterocycles. The summed E-state index contributed by atoms with van der Waals surface area (Å²) in [4.78, 5) is 36.6. The van der Waals surface area contributed by atoms with Crippen molar-refractivity contribution in [1.29, 1.82) is 0 Å². The molecule has 0 aliphatic heterocycles. The smallest absolute Gasteiger partial charge is 0.228 e. The Bertz CT molecular complexity index is 844. The average molecular weight is 389 g/mol. The summed E-state index contributed by atoms with van der Waals surface area (Å²) >= 11 is 10.6. The van der Waals surface area contributed by atoms with E-state index in [2.05, 4.69) is 15.9 Å². The molecule has 110 valence electrons. The molecule has 0 aliphatic carbocycles. The number of rotatable bonds is 2. The summed E-state index contributed by atoms with van der Waals surface area (Å²) < 4.78 is 1.92. The molecule has 0 saturated heterocycles. The van der Waals surface area contributed by atoms with E-state index >= 15 is 0 Å². The van der Waals surface area contributed by atoms with Crippen molar-refractivity contribution in [2.45, 2.75) is 18.9 Å². The molecule has 0 spiro atoms. The van der Waals surface area contributed by atoms with Gasteiger partial charge in [-0.2, -0.15) is 0 Å². The van der Waals surface area contributed by atoms with Crippen LogP contribution in [0.3, 0.4) is 0 Å². The summed E-state index contributed by atoms with van der Waals surface area (Å²) in [7, 11) is 0. The van der Waals surface area contributed by atoms with Crippen molar-refractivity contribution < 1.29 is 9.59 Å². The lowest BCUT2D eigenvalue weighted by atomic mass is 10.1. The minimum absolute atomic E-state index is 0.00907. The van der Waals surface area contributed by atoms with Gasteiger partial charge in [0, 0.05) is 11.4 Å². The number of nitrogens with zero attached hydrogens (tertiary/aromatic N) is 1. The SMILES string of the molecule is CSc1c(C(C)=O)c(=O)c2c(Cl)ccc(Br)c2n1C(C)=O. The third-order valence-corrected chi connectivity index (χ3v) is 4.76. The van der Waals surface area contributed by atoms with E-state index in [1.807, 2.05) is 0 Å². The highest BCUT2D eigenvalue weighted by Gasteiger charge is 2.24. The van der Waals surface area contributed by atoms with Gasteiger partial charge < -0.3 is 0 Å². The maximum Gasteiger partial charge on any atom is 0.228 e. The third kappa shape index (κ3) is 2.56. The fraction of sp³-hybridized carbons (Fsp3) is 0.214. The predicted molar refractivity (Wildman–Crippen MR) is 89.0 cm³/mol. The van der Waals surface area contributed by atoms with Gasteiger partial charge in [0.15, 0.2) is 5.78 Å². The zero-order valence-electron chi connectivity index (χ0n) is 11.5. The van der Waals surface area contributed by atoms with E-state index < -0.39 is 11.2 Å². The predicted octanol–water partition coefficient (Wildman–Crippen LogP) is 4.00. The van der Waals surface area contributed by atoms with Crippen LogP contribution in [-0.4, -0.2) is 22.5 Å². The summed E-state index contributed by atoms with van der Waals surface area (Å²) in [6.07, 6.45) is 1.71. The van der Waals surface area contributed by atoms with Crippen LogP contribution >= 0.6 is 39.3 Å². The summed E-state index contributed by atoms with van der Waals surface area (Å²) in [5, 5.41) is 0.711. The van der Waals surface area contributed by atoms with Crippen molar-refractivity contribution in [3.63, 3.8) is 0 Å². The molecular weight excluding hydrogens is 378 g/mol. The number of benzene rings is 1. The molecule has 0 aliphatic rings. The quantitative estimate of drug-likeness (QED) is 0.576. The molecule has 21 heavy (non-hydrogen) atoms. The summed E-state index contributed by atoms with van der Waals surface area (Å²) in [6.45, 7) is 2.68. The number of hydrogen-bond acceptors (Lipinski definition) is 4. The van der Waals surface area contributed by atoms with Crippen LogP contribution in [0.4, 0.5) is 0 Å². The molecule has 7 heteroatoms. The Labute approximate surface area is 138 Å².